The molecule has 0 aliphatic carbocycles. The second-order valence-corrected chi connectivity index (χ2v) is 7.88. The standard InChI is InChI=1S/C22H26N4O3S/c1-15-18(16(2)26(25-15)17-8-5-4-6-9-17)14-23-21(27)19(11-13-30-3)24-22(28)20-10-7-12-29-20/h4-10,12,19H,11,13-14H2,1-3H3,(H,23,27)(H,24,28). The van der Waals surface area contributed by atoms with Gasteiger partial charge in [-0.1, -0.05) is 18.2 Å². The summed E-state index contributed by atoms with van der Waals surface area (Å²) in [5.74, 6) is 0.314. The molecule has 0 spiro atoms. The van der Waals surface area contributed by atoms with E-state index >= 15 is 0 Å². The number of hydrogen-bond donors (Lipinski definition) is 2. The van der Waals surface area contributed by atoms with E-state index in [-0.39, 0.29) is 11.7 Å². The highest BCUT2D eigenvalue weighted by atomic mass is 32.2. The second kappa shape index (κ2) is 10.2. The average molecular weight is 427 g/mol. The smallest absolute Gasteiger partial charge is 0.287 e. The van der Waals surface area contributed by atoms with E-state index in [2.05, 4.69) is 15.7 Å². The topological polar surface area (TPSA) is 89.2 Å². The molecule has 0 saturated carbocycles. The van der Waals surface area contributed by atoms with Crippen molar-refractivity contribution in [2.24, 2.45) is 0 Å². The van der Waals surface area contributed by atoms with Gasteiger partial charge in [-0.05, 0) is 56.5 Å². The zero-order valence-electron chi connectivity index (χ0n) is 17.3. The Morgan fingerprint density at radius 3 is 2.60 bits per heavy atom. The molecule has 0 fully saturated rings. The van der Waals surface area contributed by atoms with Gasteiger partial charge in [-0.15, -0.1) is 0 Å². The fourth-order valence-electron chi connectivity index (χ4n) is 3.19. The first kappa shape index (κ1) is 21.7. The van der Waals surface area contributed by atoms with E-state index in [0.717, 1.165) is 28.4 Å². The summed E-state index contributed by atoms with van der Waals surface area (Å²) in [5.41, 5.74) is 3.77. The van der Waals surface area contributed by atoms with Gasteiger partial charge in [0.1, 0.15) is 6.04 Å². The fourth-order valence-corrected chi connectivity index (χ4v) is 3.66. The van der Waals surface area contributed by atoms with Gasteiger partial charge < -0.3 is 15.1 Å². The van der Waals surface area contributed by atoms with Gasteiger partial charge in [0.05, 0.1) is 17.6 Å². The van der Waals surface area contributed by atoms with Gasteiger partial charge in [0.2, 0.25) is 5.91 Å². The quantitative estimate of drug-likeness (QED) is 0.548. The molecule has 30 heavy (non-hydrogen) atoms. The molecule has 3 aromatic rings. The molecule has 0 aliphatic rings. The summed E-state index contributed by atoms with van der Waals surface area (Å²) < 4.78 is 7.00. The van der Waals surface area contributed by atoms with Gasteiger partial charge >= 0.3 is 0 Å². The highest BCUT2D eigenvalue weighted by molar-refractivity contribution is 7.98. The Hall–Kier alpha value is -3.00. The summed E-state index contributed by atoms with van der Waals surface area (Å²) >= 11 is 1.62. The first-order valence-corrected chi connectivity index (χ1v) is 11.1. The summed E-state index contributed by atoms with van der Waals surface area (Å²) in [7, 11) is 0. The highest BCUT2D eigenvalue weighted by Crippen LogP contribution is 2.17. The van der Waals surface area contributed by atoms with Crippen molar-refractivity contribution in [1.82, 2.24) is 20.4 Å². The van der Waals surface area contributed by atoms with Gasteiger partial charge in [-0.2, -0.15) is 16.9 Å². The van der Waals surface area contributed by atoms with Crippen molar-refractivity contribution in [2.75, 3.05) is 12.0 Å². The van der Waals surface area contributed by atoms with Crippen molar-refractivity contribution in [3.63, 3.8) is 0 Å². The van der Waals surface area contributed by atoms with Crippen LogP contribution in [0.2, 0.25) is 0 Å². The minimum absolute atomic E-state index is 0.188. The van der Waals surface area contributed by atoms with E-state index in [1.807, 2.05) is 55.1 Å². The third-order valence-electron chi connectivity index (χ3n) is 4.86. The summed E-state index contributed by atoms with van der Waals surface area (Å²) in [4.78, 5) is 25.2. The molecule has 158 valence electrons. The normalized spacial score (nSPS) is 11.8. The van der Waals surface area contributed by atoms with Crippen LogP contribution in [0.15, 0.2) is 53.1 Å². The van der Waals surface area contributed by atoms with E-state index in [1.54, 1.807) is 23.9 Å². The van der Waals surface area contributed by atoms with Crippen LogP contribution in [0, 0.1) is 13.8 Å². The number of thioether (sulfide) groups is 1. The van der Waals surface area contributed by atoms with Crippen LogP contribution in [0.5, 0.6) is 0 Å². The Labute approximate surface area is 180 Å². The number of furan rings is 1. The third kappa shape index (κ3) is 5.13. The van der Waals surface area contributed by atoms with E-state index < -0.39 is 11.9 Å². The predicted molar refractivity (Wildman–Crippen MR) is 118 cm³/mol. The van der Waals surface area contributed by atoms with Crippen LogP contribution in [0.4, 0.5) is 0 Å². The van der Waals surface area contributed by atoms with E-state index in [1.165, 1.54) is 6.26 Å². The van der Waals surface area contributed by atoms with Crippen molar-refractivity contribution in [3.05, 3.63) is 71.4 Å². The molecule has 0 radical (unpaired) electrons. The number of aryl methyl sites for hydroxylation is 1. The molecular weight excluding hydrogens is 400 g/mol. The lowest BCUT2D eigenvalue weighted by Gasteiger charge is -2.17. The Balaban J connectivity index is 1.69. The number of carbonyl (C=O) groups excluding carboxylic acids is 2. The molecule has 2 N–H and O–H groups in total. The molecule has 0 aliphatic heterocycles. The van der Waals surface area contributed by atoms with Crippen molar-refractivity contribution in [3.8, 4) is 5.69 Å². The molecule has 0 saturated heterocycles. The summed E-state index contributed by atoms with van der Waals surface area (Å²) in [6, 6.07) is 12.4. The SMILES string of the molecule is CSCCC(NC(=O)c1ccco1)C(=O)NCc1c(C)nn(-c2ccccc2)c1C. The molecule has 7 nitrogen and oxygen atoms in total. The number of amides is 2. The molecule has 3 rings (SSSR count). The Kier molecular flexibility index (Phi) is 7.35. The summed E-state index contributed by atoms with van der Waals surface area (Å²) in [6.45, 7) is 4.26. The van der Waals surface area contributed by atoms with Crippen LogP contribution in [0.25, 0.3) is 5.69 Å². The Bertz CT molecular complexity index is 983. The first-order valence-electron chi connectivity index (χ1n) is 9.72. The monoisotopic (exact) mass is 426 g/mol. The van der Waals surface area contributed by atoms with Crippen LogP contribution in [-0.4, -0.2) is 39.6 Å². The molecule has 8 heteroatoms. The minimum atomic E-state index is -0.639. The maximum atomic E-state index is 12.8. The molecule has 1 unspecified atom stereocenters. The first-order chi connectivity index (χ1) is 14.5. The predicted octanol–water partition coefficient (Wildman–Crippen LogP) is 3.25. The van der Waals surface area contributed by atoms with Gasteiger partial charge in [0.15, 0.2) is 5.76 Å². The third-order valence-corrected chi connectivity index (χ3v) is 5.50. The van der Waals surface area contributed by atoms with Crippen LogP contribution in [0.1, 0.15) is 33.9 Å². The van der Waals surface area contributed by atoms with Crippen molar-refractivity contribution >= 4 is 23.6 Å². The molecule has 2 aromatic heterocycles. The van der Waals surface area contributed by atoms with Gasteiger partial charge in [0, 0.05) is 17.8 Å². The number of hydrogen-bond acceptors (Lipinski definition) is 5. The van der Waals surface area contributed by atoms with Crippen LogP contribution >= 0.6 is 11.8 Å². The number of nitrogens with zero attached hydrogens (tertiary/aromatic N) is 2. The molecule has 2 heterocycles. The van der Waals surface area contributed by atoms with Gasteiger partial charge in [-0.3, -0.25) is 9.59 Å². The fraction of sp³-hybridized carbons (Fsp3) is 0.318. The Morgan fingerprint density at radius 1 is 1.17 bits per heavy atom. The van der Waals surface area contributed by atoms with Crippen molar-refractivity contribution in [1.29, 1.82) is 0 Å². The Morgan fingerprint density at radius 2 is 1.93 bits per heavy atom. The maximum Gasteiger partial charge on any atom is 0.287 e. The maximum absolute atomic E-state index is 12.8. The average Bonchev–Trinajstić information content (AvgIpc) is 3.39. The number of aromatic nitrogens is 2. The zero-order chi connectivity index (χ0) is 21.5. The molecule has 1 atom stereocenters. The second-order valence-electron chi connectivity index (χ2n) is 6.90. The molecular formula is C22H26N4O3S. The lowest BCUT2D eigenvalue weighted by atomic mass is 10.1. The van der Waals surface area contributed by atoms with Crippen LogP contribution < -0.4 is 10.6 Å². The van der Waals surface area contributed by atoms with Crippen LogP contribution in [-0.2, 0) is 11.3 Å². The number of rotatable bonds is 9. The lowest BCUT2D eigenvalue weighted by Crippen LogP contribution is -2.46. The van der Waals surface area contributed by atoms with Gasteiger partial charge in [-0.25, -0.2) is 4.68 Å². The highest BCUT2D eigenvalue weighted by Gasteiger charge is 2.23. The number of carbonyl (C=O) groups is 2. The van der Waals surface area contributed by atoms with E-state index in [4.69, 9.17) is 4.42 Å². The number of nitrogens with one attached hydrogen (secondary N) is 2. The lowest BCUT2D eigenvalue weighted by molar-refractivity contribution is -0.123. The summed E-state index contributed by atoms with van der Waals surface area (Å²) in [6.07, 6.45) is 3.93. The van der Waals surface area contributed by atoms with E-state index in [9.17, 15) is 9.59 Å². The molecule has 0 bridgehead atoms. The van der Waals surface area contributed by atoms with Crippen LogP contribution in [0.3, 0.4) is 0 Å². The zero-order valence-corrected chi connectivity index (χ0v) is 18.2. The van der Waals surface area contributed by atoms with E-state index in [0.29, 0.717) is 13.0 Å². The summed E-state index contributed by atoms with van der Waals surface area (Å²) in [5, 5.41) is 10.3. The van der Waals surface area contributed by atoms with Crippen molar-refractivity contribution < 1.29 is 14.0 Å². The molecule has 2 amide bonds. The number of para-hydroxylation sites is 1. The molecule has 1 aromatic carbocycles. The number of benzene rings is 1. The van der Waals surface area contributed by atoms with Gasteiger partial charge in [0.25, 0.3) is 5.91 Å². The largest absolute Gasteiger partial charge is 0.459 e. The van der Waals surface area contributed by atoms with Crippen molar-refractivity contribution in [2.45, 2.75) is 32.9 Å². The minimum Gasteiger partial charge on any atom is -0.459 e.